The Labute approximate surface area is 141 Å². The summed E-state index contributed by atoms with van der Waals surface area (Å²) in [5, 5.41) is 0. The van der Waals surface area contributed by atoms with Gasteiger partial charge in [-0.1, -0.05) is 53.4 Å². The van der Waals surface area contributed by atoms with Gasteiger partial charge in [-0.2, -0.15) is 0 Å². The quantitative estimate of drug-likeness (QED) is 0.586. The van der Waals surface area contributed by atoms with Crippen LogP contribution < -0.4 is 0 Å². The summed E-state index contributed by atoms with van der Waals surface area (Å²) < 4.78 is 7.68. The minimum Gasteiger partial charge on any atom is -0.372 e. The molecule has 1 saturated carbocycles. The molecular weight excluding hydrogens is 348 g/mol. The zero-order chi connectivity index (χ0) is 14.7. The van der Waals surface area contributed by atoms with Crippen molar-refractivity contribution in [2.24, 2.45) is 0 Å². The fourth-order valence-corrected chi connectivity index (χ4v) is 4.92. The van der Waals surface area contributed by atoms with Crippen LogP contribution in [0.25, 0.3) is 0 Å². The molecule has 2 fully saturated rings. The van der Waals surface area contributed by atoms with Crippen LogP contribution in [0.1, 0.15) is 62.8 Å². The van der Waals surface area contributed by atoms with E-state index in [4.69, 9.17) is 16.3 Å². The second-order valence-electron chi connectivity index (χ2n) is 6.63. The highest BCUT2D eigenvalue weighted by molar-refractivity contribution is 9.10. The van der Waals surface area contributed by atoms with Gasteiger partial charge in [0.1, 0.15) is 0 Å². The van der Waals surface area contributed by atoms with Gasteiger partial charge in [0.25, 0.3) is 0 Å². The molecule has 21 heavy (non-hydrogen) atoms. The number of hydrogen-bond donors (Lipinski definition) is 0. The predicted molar refractivity (Wildman–Crippen MR) is 92.1 cm³/mol. The molecular formula is C18H24BrClO. The lowest BCUT2D eigenvalue weighted by molar-refractivity contribution is -0.0669. The highest BCUT2D eigenvalue weighted by atomic mass is 79.9. The summed E-state index contributed by atoms with van der Waals surface area (Å²) in [6, 6.07) is 8.44. The van der Waals surface area contributed by atoms with Crippen molar-refractivity contribution in [2.75, 3.05) is 5.88 Å². The average molecular weight is 372 g/mol. The van der Waals surface area contributed by atoms with Crippen LogP contribution in [0.5, 0.6) is 0 Å². The third kappa shape index (κ3) is 3.65. The molecule has 116 valence electrons. The Hall–Kier alpha value is -0.0500. The van der Waals surface area contributed by atoms with Gasteiger partial charge in [0, 0.05) is 16.3 Å². The normalized spacial score (nSPS) is 26.1. The van der Waals surface area contributed by atoms with Gasteiger partial charge in [0.2, 0.25) is 0 Å². The van der Waals surface area contributed by atoms with Crippen molar-refractivity contribution in [1.82, 2.24) is 0 Å². The van der Waals surface area contributed by atoms with E-state index >= 15 is 0 Å². The Morgan fingerprint density at radius 1 is 1.19 bits per heavy atom. The van der Waals surface area contributed by atoms with Gasteiger partial charge in [-0.25, -0.2) is 0 Å². The van der Waals surface area contributed by atoms with Crippen molar-refractivity contribution in [3.8, 4) is 0 Å². The molecule has 3 rings (SSSR count). The number of alkyl halides is 1. The Morgan fingerprint density at radius 2 is 1.95 bits per heavy atom. The maximum atomic E-state index is 6.51. The van der Waals surface area contributed by atoms with E-state index in [1.165, 1.54) is 55.0 Å². The Bertz CT molecular complexity index is 470. The van der Waals surface area contributed by atoms with Crippen molar-refractivity contribution < 1.29 is 4.74 Å². The largest absolute Gasteiger partial charge is 0.372 e. The Kier molecular flexibility index (Phi) is 5.29. The monoisotopic (exact) mass is 370 g/mol. The SMILES string of the molecule is ClCC(CC1CCC2(CCCCC2)O1)c1ccccc1Br. The third-order valence-corrected chi connectivity index (χ3v) is 6.28. The third-order valence-electron chi connectivity index (χ3n) is 5.18. The molecule has 1 aromatic rings. The topological polar surface area (TPSA) is 9.23 Å². The molecule has 1 aliphatic carbocycles. The molecule has 1 saturated heterocycles. The van der Waals surface area contributed by atoms with Crippen LogP contribution in [0.3, 0.4) is 0 Å². The maximum absolute atomic E-state index is 6.51. The lowest BCUT2D eigenvalue weighted by atomic mass is 9.83. The van der Waals surface area contributed by atoms with E-state index < -0.39 is 0 Å². The molecule has 0 bridgehead atoms. The van der Waals surface area contributed by atoms with Crippen molar-refractivity contribution in [2.45, 2.75) is 69.0 Å². The molecule has 1 spiro atoms. The van der Waals surface area contributed by atoms with E-state index in [-0.39, 0.29) is 5.60 Å². The highest BCUT2D eigenvalue weighted by Crippen LogP contribution is 2.44. The van der Waals surface area contributed by atoms with Crippen molar-refractivity contribution in [3.63, 3.8) is 0 Å². The number of benzene rings is 1. The highest BCUT2D eigenvalue weighted by Gasteiger charge is 2.41. The van der Waals surface area contributed by atoms with E-state index in [0.717, 1.165) is 6.42 Å². The summed E-state index contributed by atoms with van der Waals surface area (Å²) in [6.07, 6.45) is 10.5. The maximum Gasteiger partial charge on any atom is 0.0687 e. The summed E-state index contributed by atoms with van der Waals surface area (Å²) in [6.45, 7) is 0. The molecule has 2 atom stereocenters. The smallest absolute Gasteiger partial charge is 0.0687 e. The lowest BCUT2D eigenvalue weighted by Crippen LogP contribution is -2.32. The number of hydrogen-bond acceptors (Lipinski definition) is 1. The van der Waals surface area contributed by atoms with Gasteiger partial charge in [-0.15, -0.1) is 11.6 Å². The molecule has 1 nitrogen and oxygen atoms in total. The van der Waals surface area contributed by atoms with E-state index in [0.29, 0.717) is 17.9 Å². The fourth-order valence-electron chi connectivity index (χ4n) is 4.02. The van der Waals surface area contributed by atoms with Crippen LogP contribution in [-0.2, 0) is 4.74 Å². The molecule has 0 amide bonds. The summed E-state index contributed by atoms with van der Waals surface area (Å²) in [7, 11) is 0. The zero-order valence-electron chi connectivity index (χ0n) is 12.5. The molecule has 3 heteroatoms. The second-order valence-corrected chi connectivity index (χ2v) is 7.79. The minimum absolute atomic E-state index is 0.216. The van der Waals surface area contributed by atoms with Crippen LogP contribution in [0.4, 0.5) is 0 Å². The first-order chi connectivity index (χ1) is 10.2. The van der Waals surface area contributed by atoms with Gasteiger partial charge in [-0.05, 0) is 43.7 Å². The first-order valence-corrected chi connectivity index (χ1v) is 9.53. The van der Waals surface area contributed by atoms with Crippen molar-refractivity contribution >= 4 is 27.5 Å². The van der Waals surface area contributed by atoms with Gasteiger partial charge in [0.05, 0.1) is 11.7 Å². The number of ether oxygens (including phenoxy) is 1. The Balaban J connectivity index is 1.64. The summed E-state index contributed by atoms with van der Waals surface area (Å²) in [4.78, 5) is 0. The van der Waals surface area contributed by atoms with Gasteiger partial charge >= 0.3 is 0 Å². The Morgan fingerprint density at radius 3 is 2.67 bits per heavy atom. The van der Waals surface area contributed by atoms with Gasteiger partial charge in [0.15, 0.2) is 0 Å². The summed E-state index contributed by atoms with van der Waals surface area (Å²) in [5.74, 6) is 1.04. The van der Waals surface area contributed by atoms with Crippen LogP contribution in [-0.4, -0.2) is 17.6 Å². The minimum atomic E-state index is 0.216. The van der Waals surface area contributed by atoms with E-state index in [1.54, 1.807) is 0 Å². The lowest BCUT2D eigenvalue weighted by Gasteiger charge is -2.33. The first kappa shape index (κ1) is 15.8. The molecule has 1 aromatic carbocycles. The zero-order valence-corrected chi connectivity index (χ0v) is 14.8. The standard InChI is InChI=1S/C18H24BrClO/c19-17-7-3-2-6-16(17)14(13-20)12-15-8-11-18(21-15)9-4-1-5-10-18/h2-3,6-7,14-15H,1,4-5,8-13H2. The average Bonchev–Trinajstić information content (AvgIpc) is 2.89. The van der Waals surface area contributed by atoms with E-state index in [9.17, 15) is 0 Å². The van der Waals surface area contributed by atoms with Crippen LogP contribution in [0, 0.1) is 0 Å². The molecule has 0 aromatic heterocycles. The number of halogens is 2. The van der Waals surface area contributed by atoms with Crippen LogP contribution in [0.2, 0.25) is 0 Å². The van der Waals surface area contributed by atoms with Crippen molar-refractivity contribution in [3.05, 3.63) is 34.3 Å². The summed E-state index contributed by atoms with van der Waals surface area (Å²) >= 11 is 9.91. The molecule has 0 N–H and O–H groups in total. The fraction of sp³-hybridized carbons (Fsp3) is 0.667. The van der Waals surface area contributed by atoms with Crippen molar-refractivity contribution in [1.29, 1.82) is 0 Å². The molecule has 2 unspecified atom stereocenters. The van der Waals surface area contributed by atoms with Crippen LogP contribution >= 0.6 is 27.5 Å². The summed E-state index contributed by atoms with van der Waals surface area (Å²) in [5.41, 5.74) is 1.54. The molecule has 0 radical (unpaired) electrons. The second kappa shape index (κ2) is 7.02. The predicted octanol–water partition coefficient (Wildman–Crippen LogP) is 6.04. The van der Waals surface area contributed by atoms with Crippen LogP contribution in [0.15, 0.2) is 28.7 Å². The van der Waals surface area contributed by atoms with E-state index in [2.05, 4.69) is 40.2 Å². The number of rotatable bonds is 4. The van der Waals surface area contributed by atoms with Gasteiger partial charge in [-0.3, -0.25) is 0 Å². The van der Waals surface area contributed by atoms with Gasteiger partial charge < -0.3 is 4.74 Å². The first-order valence-electron chi connectivity index (χ1n) is 8.21. The molecule has 1 aliphatic heterocycles. The molecule has 1 heterocycles. The van der Waals surface area contributed by atoms with E-state index in [1.807, 2.05) is 0 Å². The molecule has 2 aliphatic rings.